The van der Waals surface area contributed by atoms with Crippen LogP contribution in [0.25, 0.3) is 0 Å². The number of sulfone groups is 1. The highest BCUT2D eigenvalue weighted by atomic mass is 32.2. The molecule has 0 aliphatic carbocycles. The van der Waals surface area contributed by atoms with E-state index in [0.29, 0.717) is 5.56 Å². The van der Waals surface area contributed by atoms with Crippen LogP contribution in [-0.2, 0) is 25.8 Å². The van der Waals surface area contributed by atoms with Gasteiger partial charge in [-0.25, -0.2) is 8.42 Å². The number of rotatable bonds is 4. The molecule has 7 nitrogen and oxygen atoms in total. The molecule has 1 aliphatic rings. The number of nitrogens with zero attached hydrogens (tertiary/aromatic N) is 1. The maximum atomic E-state index is 12.4. The maximum Gasteiger partial charge on any atom is 0.301 e. The van der Waals surface area contributed by atoms with Crippen LogP contribution < -0.4 is 9.03 Å². The van der Waals surface area contributed by atoms with Gasteiger partial charge in [-0.3, -0.25) is 4.31 Å². The predicted molar refractivity (Wildman–Crippen MR) is 89.7 cm³/mol. The SMILES string of the molecule is O=S(=O)(Cc1ccc(N2CCNS2(=O)=O)c(O)c1)c1ccccc1. The van der Waals surface area contributed by atoms with Crippen LogP contribution in [-0.4, -0.2) is 35.0 Å². The number of hydrogen-bond acceptors (Lipinski definition) is 5. The Balaban J connectivity index is 1.88. The van der Waals surface area contributed by atoms with E-state index >= 15 is 0 Å². The molecule has 0 aromatic heterocycles. The van der Waals surface area contributed by atoms with E-state index in [2.05, 4.69) is 4.72 Å². The minimum absolute atomic E-state index is 0.126. The molecule has 1 fully saturated rings. The summed E-state index contributed by atoms with van der Waals surface area (Å²) in [6.45, 7) is 0.462. The molecule has 1 saturated heterocycles. The van der Waals surface area contributed by atoms with E-state index in [9.17, 15) is 21.9 Å². The second-order valence-corrected chi connectivity index (χ2v) is 9.04. The Morgan fingerprint density at radius 3 is 2.42 bits per heavy atom. The summed E-state index contributed by atoms with van der Waals surface area (Å²) in [5, 5.41) is 10.1. The zero-order valence-corrected chi connectivity index (χ0v) is 14.2. The standard InChI is InChI=1S/C15H16N2O5S2/c18-15-10-12(11-23(19,20)13-4-2-1-3-5-13)6-7-14(15)17-9-8-16-24(17,21)22/h1-7,10,16,18H,8-9,11H2. The third kappa shape index (κ3) is 3.23. The first-order valence-corrected chi connectivity index (χ1v) is 10.3. The molecule has 0 bridgehead atoms. The molecule has 0 saturated carbocycles. The average Bonchev–Trinajstić information content (AvgIpc) is 2.87. The van der Waals surface area contributed by atoms with Gasteiger partial charge in [0.2, 0.25) is 0 Å². The van der Waals surface area contributed by atoms with Gasteiger partial charge in [-0.15, -0.1) is 0 Å². The molecule has 0 atom stereocenters. The van der Waals surface area contributed by atoms with Crippen LogP contribution in [0, 0.1) is 0 Å². The van der Waals surface area contributed by atoms with Crippen molar-refractivity contribution in [2.45, 2.75) is 10.6 Å². The van der Waals surface area contributed by atoms with Gasteiger partial charge in [0, 0.05) is 13.1 Å². The molecule has 2 aromatic rings. The summed E-state index contributed by atoms with van der Waals surface area (Å²) < 4.78 is 51.8. The van der Waals surface area contributed by atoms with E-state index < -0.39 is 20.0 Å². The van der Waals surface area contributed by atoms with Crippen LogP contribution in [0.1, 0.15) is 5.56 Å². The van der Waals surface area contributed by atoms with Crippen LogP contribution >= 0.6 is 0 Å². The largest absolute Gasteiger partial charge is 0.506 e. The third-order valence-electron chi connectivity index (χ3n) is 3.66. The first-order valence-electron chi connectivity index (χ1n) is 7.17. The molecule has 1 heterocycles. The molecule has 128 valence electrons. The fourth-order valence-corrected chi connectivity index (χ4v) is 5.13. The molecule has 3 rings (SSSR count). The highest BCUT2D eigenvalue weighted by Crippen LogP contribution is 2.32. The third-order valence-corrected chi connectivity index (χ3v) is 6.89. The van der Waals surface area contributed by atoms with E-state index in [1.165, 1.54) is 30.3 Å². The van der Waals surface area contributed by atoms with E-state index in [1.54, 1.807) is 18.2 Å². The second-order valence-electron chi connectivity index (χ2n) is 5.37. The molecule has 0 spiro atoms. The van der Waals surface area contributed by atoms with Gasteiger partial charge in [-0.1, -0.05) is 24.3 Å². The van der Waals surface area contributed by atoms with Crippen molar-refractivity contribution in [3.8, 4) is 5.75 Å². The molecule has 24 heavy (non-hydrogen) atoms. The highest BCUT2D eigenvalue weighted by molar-refractivity contribution is 7.91. The first-order chi connectivity index (χ1) is 11.3. The van der Waals surface area contributed by atoms with Gasteiger partial charge >= 0.3 is 10.2 Å². The molecular weight excluding hydrogens is 352 g/mol. The topological polar surface area (TPSA) is 104 Å². The zero-order chi connectivity index (χ0) is 17.4. The molecule has 2 aromatic carbocycles. The Labute approximate surface area is 140 Å². The molecule has 0 unspecified atom stereocenters. The van der Waals surface area contributed by atoms with Crippen LogP contribution in [0.5, 0.6) is 5.75 Å². The second kappa shape index (κ2) is 6.08. The molecular formula is C15H16N2O5S2. The minimum atomic E-state index is -3.65. The fraction of sp³-hybridized carbons (Fsp3) is 0.200. The zero-order valence-electron chi connectivity index (χ0n) is 12.6. The van der Waals surface area contributed by atoms with Gasteiger partial charge in [0.25, 0.3) is 0 Å². The van der Waals surface area contributed by atoms with Gasteiger partial charge in [0.15, 0.2) is 9.84 Å². The van der Waals surface area contributed by atoms with E-state index in [1.807, 2.05) is 0 Å². The Morgan fingerprint density at radius 2 is 1.83 bits per heavy atom. The lowest BCUT2D eigenvalue weighted by molar-refractivity contribution is 0.475. The Kier molecular flexibility index (Phi) is 4.24. The maximum absolute atomic E-state index is 12.4. The first kappa shape index (κ1) is 16.7. The van der Waals surface area contributed by atoms with Crippen LogP contribution in [0.2, 0.25) is 0 Å². The number of nitrogens with one attached hydrogen (secondary N) is 1. The van der Waals surface area contributed by atoms with Gasteiger partial charge in [-0.05, 0) is 29.8 Å². The summed E-state index contributed by atoms with van der Waals surface area (Å²) in [6.07, 6.45) is 0. The van der Waals surface area contributed by atoms with Crippen LogP contribution in [0.15, 0.2) is 53.4 Å². The lowest BCUT2D eigenvalue weighted by atomic mass is 10.2. The molecule has 9 heteroatoms. The summed E-state index contributed by atoms with van der Waals surface area (Å²) in [4.78, 5) is 0.194. The van der Waals surface area contributed by atoms with Gasteiger partial charge in [0.1, 0.15) is 5.75 Å². The summed E-state index contributed by atoms with van der Waals surface area (Å²) in [5.74, 6) is -0.557. The van der Waals surface area contributed by atoms with E-state index in [4.69, 9.17) is 0 Å². The Morgan fingerprint density at radius 1 is 1.12 bits per heavy atom. The van der Waals surface area contributed by atoms with E-state index in [-0.39, 0.29) is 35.2 Å². The number of hydrogen-bond donors (Lipinski definition) is 2. The summed E-state index contributed by atoms with van der Waals surface area (Å²) in [5.41, 5.74) is 0.505. The molecule has 0 amide bonds. The van der Waals surface area contributed by atoms with Gasteiger partial charge in [-0.2, -0.15) is 13.1 Å². The average molecular weight is 368 g/mol. The minimum Gasteiger partial charge on any atom is -0.506 e. The lowest BCUT2D eigenvalue weighted by Gasteiger charge is -2.17. The summed E-state index contributed by atoms with van der Waals surface area (Å²) >= 11 is 0. The number of phenols is 1. The lowest BCUT2D eigenvalue weighted by Crippen LogP contribution is -2.29. The monoisotopic (exact) mass is 368 g/mol. The predicted octanol–water partition coefficient (Wildman–Crippen LogP) is 1.02. The Hall–Kier alpha value is -2.10. The van der Waals surface area contributed by atoms with Gasteiger partial charge in [0.05, 0.1) is 16.3 Å². The van der Waals surface area contributed by atoms with Crippen molar-refractivity contribution in [2.24, 2.45) is 0 Å². The molecule has 1 aliphatic heterocycles. The molecule has 2 N–H and O–H groups in total. The van der Waals surface area contributed by atoms with Crippen LogP contribution in [0.3, 0.4) is 0 Å². The van der Waals surface area contributed by atoms with Crippen molar-refractivity contribution in [1.29, 1.82) is 0 Å². The number of aromatic hydroxyl groups is 1. The summed E-state index contributed by atoms with van der Waals surface area (Å²) in [6, 6.07) is 12.2. The quantitative estimate of drug-likeness (QED) is 0.839. The van der Waals surface area contributed by atoms with Crippen molar-refractivity contribution in [2.75, 3.05) is 17.4 Å². The van der Waals surface area contributed by atoms with Crippen molar-refractivity contribution in [3.63, 3.8) is 0 Å². The van der Waals surface area contributed by atoms with Crippen molar-refractivity contribution in [1.82, 2.24) is 4.72 Å². The number of anilines is 1. The van der Waals surface area contributed by atoms with Crippen LogP contribution in [0.4, 0.5) is 5.69 Å². The van der Waals surface area contributed by atoms with Crippen molar-refractivity contribution < 1.29 is 21.9 Å². The Bertz CT molecular complexity index is 957. The van der Waals surface area contributed by atoms with Crippen molar-refractivity contribution >= 4 is 25.7 Å². The highest BCUT2D eigenvalue weighted by Gasteiger charge is 2.30. The number of phenolic OH excluding ortho intramolecular Hbond substituents is 1. The van der Waals surface area contributed by atoms with E-state index in [0.717, 1.165) is 4.31 Å². The normalized spacial score (nSPS) is 17.1. The van der Waals surface area contributed by atoms with Crippen molar-refractivity contribution in [3.05, 3.63) is 54.1 Å². The molecule has 0 radical (unpaired) electrons. The van der Waals surface area contributed by atoms with Gasteiger partial charge < -0.3 is 5.11 Å². The smallest absolute Gasteiger partial charge is 0.301 e. The fourth-order valence-electron chi connectivity index (χ4n) is 2.52. The summed E-state index contributed by atoms with van der Waals surface area (Å²) in [7, 11) is -7.19. The number of benzene rings is 2.